The second kappa shape index (κ2) is 14.0. The van der Waals surface area contributed by atoms with Gasteiger partial charge < -0.3 is 23.3 Å². The summed E-state index contributed by atoms with van der Waals surface area (Å²) in [5, 5.41) is 0. The number of ether oxygens (including phenoxy) is 2. The van der Waals surface area contributed by atoms with Gasteiger partial charge >= 0.3 is 13.2 Å². The number of carbonyl (C=O) groups is 2. The fourth-order valence-electron chi connectivity index (χ4n) is 8.64. The maximum Gasteiger partial charge on any atom is 0.495 e. The smallest absolute Gasteiger partial charge is 0.444 e. The normalized spacial score (nSPS) is 21.7. The molecule has 0 radical (unpaired) electrons. The lowest BCUT2D eigenvalue weighted by Crippen LogP contribution is -2.41. The standard InChI is InChI=1S/C43H60BN3O6Si/c1-40(2,3)51-39(49)46-23-13-14-34(46)38-45-27-35(47(38)28-50-24-25-54(8,9)10)30-17-15-29(16-18-30)31-19-20-33(44-52-41(4,5)42(6,7)53-44)32-26-43(21-11-12-22-43)37(48)36(31)32/h15-20,27,34H,11-14,21-26,28H2,1-10H3/t34-/m0/s1. The highest BCUT2D eigenvalue weighted by molar-refractivity contribution is 6.76. The summed E-state index contributed by atoms with van der Waals surface area (Å²) in [6, 6.07) is 13.6. The summed E-state index contributed by atoms with van der Waals surface area (Å²) in [7, 11) is -1.80. The number of hydrogen-bond donors (Lipinski definition) is 0. The Hall–Kier alpha value is -3.25. The van der Waals surface area contributed by atoms with Crippen molar-refractivity contribution in [2.24, 2.45) is 5.41 Å². The maximum atomic E-state index is 14.5. The zero-order valence-electron chi connectivity index (χ0n) is 34.3. The van der Waals surface area contributed by atoms with Crippen molar-refractivity contribution in [1.29, 1.82) is 0 Å². The van der Waals surface area contributed by atoms with Crippen molar-refractivity contribution >= 4 is 32.5 Å². The molecule has 3 fully saturated rings. The highest BCUT2D eigenvalue weighted by Crippen LogP contribution is 2.51. The van der Waals surface area contributed by atoms with Gasteiger partial charge in [-0.1, -0.05) is 68.9 Å². The lowest BCUT2D eigenvalue weighted by Gasteiger charge is -2.32. The van der Waals surface area contributed by atoms with Gasteiger partial charge in [-0.25, -0.2) is 9.78 Å². The monoisotopic (exact) mass is 753 g/mol. The third kappa shape index (κ3) is 7.38. The lowest BCUT2D eigenvalue weighted by atomic mass is 9.73. The van der Waals surface area contributed by atoms with Gasteiger partial charge in [0, 0.05) is 32.2 Å². The summed E-state index contributed by atoms with van der Waals surface area (Å²) >= 11 is 0. The average molecular weight is 754 g/mol. The molecular weight excluding hydrogens is 693 g/mol. The molecule has 3 heterocycles. The van der Waals surface area contributed by atoms with Crippen LogP contribution in [0.4, 0.5) is 4.79 Å². The van der Waals surface area contributed by atoms with Crippen molar-refractivity contribution < 1.29 is 28.4 Å². The molecule has 0 unspecified atom stereocenters. The Morgan fingerprint density at radius 3 is 2.24 bits per heavy atom. The highest BCUT2D eigenvalue weighted by Gasteiger charge is 2.55. The molecule has 2 saturated heterocycles. The van der Waals surface area contributed by atoms with Gasteiger partial charge in [0.15, 0.2) is 5.78 Å². The number of likely N-dealkylation sites (tertiary alicyclic amines) is 1. The van der Waals surface area contributed by atoms with Crippen LogP contribution in [0.1, 0.15) is 115 Å². The molecule has 290 valence electrons. The molecule has 0 N–H and O–H groups in total. The van der Waals surface area contributed by atoms with E-state index in [0.29, 0.717) is 19.9 Å². The number of ketones is 1. The molecule has 11 heteroatoms. The molecule has 1 atom stereocenters. The number of aromatic nitrogens is 2. The van der Waals surface area contributed by atoms with E-state index in [1.807, 2.05) is 31.9 Å². The van der Waals surface area contributed by atoms with Gasteiger partial charge in [-0.2, -0.15) is 0 Å². The molecule has 4 aliphatic rings. The van der Waals surface area contributed by atoms with Gasteiger partial charge in [0.05, 0.1) is 29.1 Å². The predicted molar refractivity (Wildman–Crippen MR) is 217 cm³/mol. The van der Waals surface area contributed by atoms with E-state index in [1.165, 1.54) is 0 Å². The van der Waals surface area contributed by atoms with E-state index < -0.39 is 32.0 Å². The Labute approximate surface area is 323 Å². The third-order valence-corrected chi connectivity index (χ3v) is 14.1. The predicted octanol–water partition coefficient (Wildman–Crippen LogP) is 9.20. The Balaban J connectivity index is 1.22. The largest absolute Gasteiger partial charge is 0.495 e. The van der Waals surface area contributed by atoms with E-state index >= 15 is 0 Å². The van der Waals surface area contributed by atoms with Gasteiger partial charge in [-0.05, 0) is 114 Å². The minimum atomic E-state index is -1.29. The molecule has 9 nitrogen and oxygen atoms in total. The second-order valence-electron chi connectivity index (χ2n) is 19.3. The molecule has 2 aromatic carbocycles. The van der Waals surface area contributed by atoms with Crippen molar-refractivity contribution in [3.63, 3.8) is 0 Å². The average Bonchev–Trinajstić information content (AvgIpc) is 3.90. The number of amides is 1. The van der Waals surface area contributed by atoms with Crippen LogP contribution in [0.25, 0.3) is 22.4 Å². The number of imidazole rings is 1. The van der Waals surface area contributed by atoms with Crippen LogP contribution in [-0.2, 0) is 31.9 Å². The van der Waals surface area contributed by atoms with Gasteiger partial charge in [-0.15, -0.1) is 0 Å². The van der Waals surface area contributed by atoms with Crippen LogP contribution in [0.2, 0.25) is 25.7 Å². The number of rotatable bonds is 9. The molecule has 1 aromatic heterocycles. The Bertz CT molecular complexity index is 1880. The van der Waals surface area contributed by atoms with E-state index in [0.717, 1.165) is 95.8 Å². The summed E-state index contributed by atoms with van der Waals surface area (Å²) in [6.45, 7) is 22.7. The molecule has 7 rings (SSSR count). The summed E-state index contributed by atoms with van der Waals surface area (Å²) in [4.78, 5) is 34.6. The molecule has 3 aromatic rings. The van der Waals surface area contributed by atoms with E-state index in [9.17, 15) is 9.59 Å². The van der Waals surface area contributed by atoms with Crippen LogP contribution in [-0.4, -0.2) is 71.5 Å². The van der Waals surface area contributed by atoms with Crippen LogP contribution >= 0.6 is 0 Å². The van der Waals surface area contributed by atoms with Gasteiger partial charge in [-0.3, -0.25) is 9.69 Å². The highest BCUT2D eigenvalue weighted by atomic mass is 28.3. The van der Waals surface area contributed by atoms with Crippen LogP contribution in [0.3, 0.4) is 0 Å². The molecule has 2 aliphatic heterocycles. The van der Waals surface area contributed by atoms with Crippen molar-refractivity contribution in [2.75, 3.05) is 13.2 Å². The number of fused-ring (bicyclic) bond motifs is 1. The van der Waals surface area contributed by atoms with Crippen molar-refractivity contribution in [3.05, 3.63) is 59.5 Å². The SMILES string of the molecule is CC(C)(C)OC(=O)N1CCC[C@H]1c1ncc(-c2ccc(-c3ccc(B4OC(C)(C)C(C)(C)O4)c4c3C(=O)C3(CCCC3)C4)cc2)n1COCC[Si](C)(C)C. The van der Waals surface area contributed by atoms with E-state index in [4.69, 9.17) is 23.8 Å². The number of nitrogens with zero attached hydrogens (tertiary/aromatic N) is 3. The topological polar surface area (TPSA) is 92.1 Å². The van der Waals surface area contributed by atoms with Crippen LogP contribution in [0.15, 0.2) is 42.6 Å². The second-order valence-corrected chi connectivity index (χ2v) is 24.9. The summed E-state index contributed by atoms with van der Waals surface area (Å²) in [5.41, 5.74) is 4.96. The van der Waals surface area contributed by atoms with Gasteiger partial charge in [0.2, 0.25) is 0 Å². The molecular formula is C43H60BN3O6Si. The Morgan fingerprint density at radius 1 is 0.963 bits per heavy atom. The summed E-state index contributed by atoms with van der Waals surface area (Å²) in [5.74, 6) is 1.09. The molecule has 2 aliphatic carbocycles. The van der Waals surface area contributed by atoms with Crippen LogP contribution < -0.4 is 5.46 Å². The maximum absolute atomic E-state index is 14.5. The summed E-state index contributed by atoms with van der Waals surface area (Å²) < 4.78 is 27.4. The molecule has 0 bridgehead atoms. The molecule has 54 heavy (non-hydrogen) atoms. The quantitative estimate of drug-likeness (QED) is 0.159. The molecule has 1 amide bonds. The summed E-state index contributed by atoms with van der Waals surface area (Å²) in [6.07, 6.45) is 8.07. The first-order valence-electron chi connectivity index (χ1n) is 20.1. The van der Waals surface area contributed by atoms with Gasteiger partial charge in [0.1, 0.15) is 18.2 Å². The van der Waals surface area contributed by atoms with Crippen molar-refractivity contribution in [2.45, 2.75) is 149 Å². The van der Waals surface area contributed by atoms with Gasteiger partial charge in [0.25, 0.3) is 0 Å². The first kappa shape index (κ1) is 39.0. The molecule has 1 saturated carbocycles. The minimum absolute atomic E-state index is 0.201. The third-order valence-electron chi connectivity index (χ3n) is 12.4. The number of carbonyl (C=O) groups excluding carboxylic acids is 2. The zero-order valence-corrected chi connectivity index (χ0v) is 35.3. The molecule has 1 spiro atoms. The number of Topliss-reactive ketones (excluding diaryl/α,β-unsaturated/α-hetero) is 1. The lowest BCUT2D eigenvalue weighted by molar-refractivity contribution is 0.00578. The van der Waals surface area contributed by atoms with E-state index in [-0.39, 0.29) is 23.3 Å². The Kier molecular flexibility index (Phi) is 10.1. The van der Waals surface area contributed by atoms with Crippen LogP contribution in [0, 0.1) is 5.41 Å². The first-order chi connectivity index (χ1) is 25.3. The fraction of sp³-hybridized carbons (Fsp3) is 0.605. The van der Waals surface area contributed by atoms with Crippen LogP contribution in [0.5, 0.6) is 0 Å². The van der Waals surface area contributed by atoms with E-state index in [2.05, 4.69) is 88.3 Å². The van der Waals surface area contributed by atoms with Crippen molar-refractivity contribution in [1.82, 2.24) is 14.5 Å². The minimum Gasteiger partial charge on any atom is -0.444 e. The zero-order chi connectivity index (χ0) is 38.8. The van der Waals surface area contributed by atoms with E-state index in [1.54, 1.807) is 0 Å². The number of hydrogen-bond acceptors (Lipinski definition) is 7. The Morgan fingerprint density at radius 2 is 1.61 bits per heavy atom. The number of benzene rings is 2. The first-order valence-corrected chi connectivity index (χ1v) is 23.8. The fourth-order valence-corrected chi connectivity index (χ4v) is 9.39. The van der Waals surface area contributed by atoms with Crippen molar-refractivity contribution in [3.8, 4) is 22.4 Å².